The smallest absolute Gasteiger partial charge is 0.271 e. The maximum atomic E-state index is 10.5. The molecule has 0 aliphatic carbocycles. The fourth-order valence-corrected chi connectivity index (χ4v) is 4.99. The van der Waals surface area contributed by atoms with Gasteiger partial charge in [-0.2, -0.15) is 0 Å². The lowest BCUT2D eigenvalue weighted by atomic mass is 10.0. The summed E-state index contributed by atoms with van der Waals surface area (Å²) in [5.41, 5.74) is 8.00. The lowest BCUT2D eigenvalue weighted by molar-refractivity contribution is -0.676. The van der Waals surface area contributed by atoms with E-state index < -0.39 is 62.0 Å². The van der Waals surface area contributed by atoms with E-state index in [1.54, 1.807) is 0 Å². The summed E-state index contributed by atoms with van der Waals surface area (Å²) in [6.07, 6.45) is -13.7. The zero-order chi connectivity index (χ0) is 31.6. The van der Waals surface area contributed by atoms with Crippen LogP contribution >= 0.6 is 12.4 Å². The minimum atomic E-state index is -1.85. The molecule has 0 spiro atoms. The van der Waals surface area contributed by atoms with Crippen LogP contribution in [0.1, 0.15) is 26.1 Å². The molecule has 44 heavy (non-hydrogen) atoms. The Labute approximate surface area is 269 Å². The standard InChI is InChI=1S/C27H49N4O11.2ClH/c1-3-30-17-7-6-16(10-18(17)31(4-2)23(30)11-28)42-9-5-8-29(12-19(34)24(38)26(40)21(36)14-32)13-20(35)25(39)27(41)22(37)15-33;;/h6-7,10,19-22,24-27,32-41H,3-5,8-9,11-15,28H2,1-2H3;2*1H/q+1;;/p-1. The van der Waals surface area contributed by atoms with E-state index in [4.69, 9.17) is 20.7 Å². The molecule has 258 valence electrons. The maximum Gasteiger partial charge on any atom is 0.271 e. The SMILES string of the molecule is CCn1c(CN)[n+](CC)c2cc(OCCCN(CC(O)C(O)C(O)C(O)CO)CC(O)C(O)C(O)C(O)CO)ccc21.Cl.[Cl-]. The second kappa shape index (κ2) is 20.7. The number of imidazole rings is 1. The topological polar surface area (TPSA) is 250 Å². The van der Waals surface area contributed by atoms with Crippen LogP contribution in [0.4, 0.5) is 0 Å². The van der Waals surface area contributed by atoms with Crippen molar-refractivity contribution in [2.45, 2.75) is 88.7 Å². The maximum absolute atomic E-state index is 10.5. The van der Waals surface area contributed by atoms with Crippen molar-refractivity contribution in [1.29, 1.82) is 0 Å². The van der Waals surface area contributed by atoms with Gasteiger partial charge in [-0.15, -0.1) is 12.4 Å². The van der Waals surface area contributed by atoms with Crippen molar-refractivity contribution >= 4 is 23.4 Å². The van der Waals surface area contributed by atoms with E-state index in [9.17, 15) is 40.9 Å². The summed E-state index contributed by atoms with van der Waals surface area (Å²) in [6, 6.07) is 5.72. The van der Waals surface area contributed by atoms with Gasteiger partial charge in [0.05, 0.1) is 51.7 Å². The van der Waals surface area contributed by atoms with Crippen LogP contribution in [0.15, 0.2) is 18.2 Å². The third kappa shape index (κ3) is 10.8. The van der Waals surface area contributed by atoms with Crippen molar-refractivity contribution in [2.24, 2.45) is 5.73 Å². The molecule has 0 aliphatic heterocycles. The quantitative estimate of drug-likeness (QED) is 0.0461. The third-order valence-corrected chi connectivity index (χ3v) is 7.40. The summed E-state index contributed by atoms with van der Waals surface area (Å²) >= 11 is 0. The van der Waals surface area contributed by atoms with E-state index in [2.05, 4.69) is 9.13 Å². The van der Waals surface area contributed by atoms with E-state index >= 15 is 0 Å². The first kappa shape index (κ1) is 42.6. The number of aromatic nitrogens is 2. The highest BCUT2D eigenvalue weighted by atomic mass is 35.5. The zero-order valence-electron chi connectivity index (χ0n) is 25.0. The summed E-state index contributed by atoms with van der Waals surface area (Å²) in [6.45, 7) is 3.95. The number of nitrogens with two attached hydrogens (primary N) is 1. The molecule has 17 heteroatoms. The van der Waals surface area contributed by atoms with Gasteiger partial charge in [-0.3, -0.25) is 4.90 Å². The molecule has 8 unspecified atom stereocenters. The molecule has 12 N–H and O–H groups in total. The number of aryl methyl sites for hydroxylation is 2. The van der Waals surface area contributed by atoms with Crippen molar-refractivity contribution in [3.8, 4) is 5.75 Å². The first-order valence-corrected chi connectivity index (χ1v) is 14.2. The summed E-state index contributed by atoms with van der Waals surface area (Å²) in [5, 5.41) is 98.6. The van der Waals surface area contributed by atoms with Crippen molar-refractivity contribution in [2.75, 3.05) is 39.5 Å². The summed E-state index contributed by atoms with van der Waals surface area (Å²) in [4.78, 5) is 1.43. The molecular formula is C27H50Cl2N4O11. The molecule has 0 saturated heterocycles. The number of hydrogen-bond donors (Lipinski definition) is 11. The number of fused-ring (bicyclic) bond motifs is 1. The number of halogens is 2. The highest BCUT2D eigenvalue weighted by molar-refractivity contribution is 5.85. The third-order valence-electron chi connectivity index (χ3n) is 7.40. The molecule has 0 saturated carbocycles. The fraction of sp³-hybridized carbons (Fsp3) is 0.741. The number of aliphatic hydroxyl groups is 10. The van der Waals surface area contributed by atoms with Crippen LogP contribution < -0.4 is 27.4 Å². The van der Waals surface area contributed by atoms with E-state index in [0.29, 0.717) is 18.7 Å². The minimum Gasteiger partial charge on any atom is -1.00 e. The first-order chi connectivity index (χ1) is 19.9. The Kier molecular flexibility index (Phi) is 20.0. The van der Waals surface area contributed by atoms with Crippen LogP contribution in [0.5, 0.6) is 5.75 Å². The van der Waals surface area contributed by atoms with E-state index in [0.717, 1.165) is 29.9 Å². The molecule has 0 aliphatic rings. The average molecular weight is 678 g/mol. The van der Waals surface area contributed by atoms with Gasteiger partial charge in [-0.25, -0.2) is 9.13 Å². The lowest BCUT2D eigenvalue weighted by Gasteiger charge is -2.33. The zero-order valence-corrected chi connectivity index (χ0v) is 26.6. The number of benzene rings is 1. The van der Waals surface area contributed by atoms with E-state index in [1.807, 2.05) is 32.0 Å². The van der Waals surface area contributed by atoms with Crippen molar-refractivity contribution in [3.05, 3.63) is 24.0 Å². The van der Waals surface area contributed by atoms with Crippen molar-refractivity contribution in [3.63, 3.8) is 0 Å². The Morgan fingerprint density at radius 3 is 1.77 bits per heavy atom. The van der Waals surface area contributed by atoms with Crippen LogP contribution in [0.3, 0.4) is 0 Å². The molecule has 0 amide bonds. The van der Waals surface area contributed by atoms with Gasteiger partial charge in [0, 0.05) is 25.7 Å². The van der Waals surface area contributed by atoms with Gasteiger partial charge >= 0.3 is 0 Å². The van der Waals surface area contributed by atoms with Crippen molar-refractivity contribution < 1.29 is 72.8 Å². The summed E-state index contributed by atoms with van der Waals surface area (Å²) in [5.74, 6) is 1.61. The number of hydrogen-bond acceptors (Lipinski definition) is 13. The Bertz CT molecular complexity index is 1060. The largest absolute Gasteiger partial charge is 1.00 e. The summed E-state index contributed by atoms with van der Waals surface area (Å²) < 4.78 is 10.2. The van der Waals surface area contributed by atoms with Crippen LogP contribution in [-0.2, 0) is 19.6 Å². The highest BCUT2D eigenvalue weighted by Crippen LogP contribution is 2.21. The predicted octanol–water partition coefficient (Wildman–Crippen LogP) is -7.20. The van der Waals surface area contributed by atoms with Gasteiger partial charge in [0.15, 0.2) is 11.0 Å². The van der Waals surface area contributed by atoms with Crippen molar-refractivity contribution in [1.82, 2.24) is 9.47 Å². The second-order valence-electron chi connectivity index (χ2n) is 10.3. The highest BCUT2D eigenvalue weighted by Gasteiger charge is 2.34. The molecule has 0 bridgehead atoms. The lowest BCUT2D eigenvalue weighted by Crippen LogP contribution is -3.00. The van der Waals surface area contributed by atoms with Gasteiger partial charge < -0.3 is 73.9 Å². The molecular weight excluding hydrogens is 627 g/mol. The van der Waals surface area contributed by atoms with Gasteiger partial charge in [0.2, 0.25) is 0 Å². The van der Waals surface area contributed by atoms with E-state index in [1.165, 1.54) is 4.90 Å². The molecule has 8 atom stereocenters. The fourth-order valence-electron chi connectivity index (χ4n) is 4.99. The average Bonchev–Trinajstić information content (AvgIpc) is 3.32. The molecule has 2 aromatic rings. The Morgan fingerprint density at radius 2 is 1.34 bits per heavy atom. The number of aliphatic hydroxyl groups excluding tert-OH is 10. The van der Waals surface area contributed by atoms with Gasteiger partial charge in [0.1, 0.15) is 42.4 Å². The molecule has 0 radical (unpaired) electrons. The molecule has 1 aromatic heterocycles. The Morgan fingerprint density at radius 1 is 0.841 bits per heavy atom. The number of nitrogens with zero attached hydrogens (tertiary/aromatic N) is 3. The van der Waals surface area contributed by atoms with Crippen LogP contribution in [0, 0.1) is 0 Å². The molecule has 2 rings (SSSR count). The van der Waals surface area contributed by atoms with Crippen LogP contribution in [0.2, 0.25) is 0 Å². The normalized spacial score (nSPS) is 17.2. The predicted molar refractivity (Wildman–Crippen MR) is 157 cm³/mol. The molecule has 1 aromatic carbocycles. The van der Waals surface area contributed by atoms with E-state index in [-0.39, 0.29) is 51.1 Å². The molecule has 1 heterocycles. The number of ether oxygens (including phenoxy) is 1. The van der Waals surface area contributed by atoms with Gasteiger partial charge in [0.25, 0.3) is 5.82 Å². The minimum absolute atomic E-state index is 0. The Hall–Kier alpha value is -1.41. The van der Waals surface area contributed by atoms with Gasteiger partial charge in [-0.05, 0) is 32.4 Å². The summed E-state index contributed by atoms with van der Waals surface area (Å²) in [7, 11) is 0. The first-order valence-electron chi connectivity index (χ1n) is 14.2. The number of rotatable bonds is 20. The van der Waals surface area contributed by atoms with Gasteiger partial charge in [-0.1, -0.05) is 0 Å². The Balaban J connectivity index is 0.00000924. The van der Waals surface area contributed by atoms with Crippen LogP contribution in [-0.4, -0.2) is 149 Å². The second-order valence-corrected chi connectivity index (χ2v) is 10.3. The molecule has 0 fully saturated rings. The van der Waals surface area contributed by atoms with Crippen LogP contribution in [0.25, 0.3) is 11.0 Å². The molecule has 15 nitrogen and oxygen atoms in total. The monoisotopic (exact) mass is 676 g/mol.